The molecule has 3 aromatic carbocycles. The van der Waals surface area contributed by atoms with E-state index in [0.29, 0.717) is 62.6 Å². The first-order valence-corrected chi connectivity index (χ1v) is 20.2. The first-order valence-electron chi connectivity index (χ1n) is 17.9. The Morgan fingerprint density at radius 1 is 0.960 bits per heavy atom. The molecule has 3 aliphatic rings. The van der Waals surface area contributed by atoms with Crippen molar-refractivity contribution in [2.24, 2.45) is 5.41 Å². The molecule has 0 spiro atoms. The third-order valence-electron chi connectivity index (χ3n) is 11.2. The van der Waals surface area contributed by atoms with Crippen LogP contribution >= 0.6 is 11.3 Å². The fourth-order valence-electron chi connectivity index (χ4n) is 8.16. The molecule has 4 aromatic rings. The van der Waals surface area contributed by atoms with E-state index in [0.717, 1.165) is 28.7 Å². The molecule has 2 bridgehead atoms. The van der Waals surface area contributed by atoms with Crippen molar-refractivity contribution in [2.45, 2.75) is 94.0 Å². The lowest BCUT2D eigenvalue weighted by Crippen LogP contribution is -2.53. The fraction of sp³-hybridized carbons (Fsp3) is 0.405. The van der Waals surface area contributed by atoms with E-state index >= 15 is 0 Å². The topological polar surface area (TPSA) is 94.9 Å². The van der Waals surface area contributed by atoms with Gasteiger partial charge in [-0.3, -0.25) is 4.79 Å². The molecule has 1 heterocycles. The lowest BCUT2D eigenvalue weighted by molar-refractivity contribution is -0.0723. The summed E-state index contributed by atoms with van der Waals surface area (Å²) in [5.74, 6) is -0.289. The number of benzene rings is 3. The Hall–Kier alpha value is -3.40. The van der Waals surface area contributed by atoms with Gasteiger partial charge >= 0.3 is 0 Å². The Labute approximate surface area is 301 Å². The maximum Gasteiger partial charge on any atom is 0.252 e. The van der Waals surface area contributed by atoms with Gasteiger partial charge in [-0.25, -0.2) is 8.42 Å². The molecule has 1 aromatic heterocycles. The van der Waals surface area contributed by atoms with Crippen molar-refractivity contribution in [3.63, 3.8) is 0 Å². The first-order chi connectivity index (χ1) is 23.9. The van der Waals surface area contributed by atoms with Crippen molar-refractivity contribution in [3.05, 3.63) is 124 Å². The van der Waals surface area contributed by atoms with Crippen LogP contribution in [0, 0.1) is 5.41 Å². The molecule has 1 saturated carbocycles. The second-order valence-corrected chi connectivity index (χ2v) is 17.6. The molecule has 0 radical (unpaired) electrons. The van der Waals surface area contributed by atoms with Gasteiger partial charge in [0.05, 0.1) is 11.7 Å². The monoisotopic (exact) mass is 711 g/mol. The molecule has 264 valence electrons. The number of fused-ring (bicyclic) bond motifs is 8. The van der Waals surface area contributed by atoms with E-state index in [1.165, 1.54) is 21.2 Å². The molecular formula is C42H49NO5S2. The molecule has 7 rings (SSSR count). The summed E-state index contributed by atoms with van der Waals surface area (Å²) in [4.78, 5) is 14.5. The van der Waals surface area contributed by atoms with Crippen LogP contribution in [0.4, 0.5) is 0 Å². The molecule has 0 amide bonds. The van der Waals surface area contributed by atoms with E-state index < -0.39 is 27.1 Å². The normalized spacial score (nSPS) is 24.5. The summed E-state index contributed by atoms with van der Waals surface area (Å²) in [6, 6.07) is 27.1. The molecule has 0 saturated heterocycles. The summed E-state index contributed by atoms with van der Waals surface area (Å²) in [7, 11) is -3.80. The molecule has 50 heavy (non-hydrogen) atoms. The summed E-state index contributed by atoms with van der Waals surface area (Å²) >= 11 is 1.20. The van der Waals surface area contributed by atoms with Crippen LogP contribution in [0.25, 0.3) is 11.1 Å². The van der Waals surface area contributed by atoms with Crippen molar-refractivity contribution >= 4 is 27.1 Å². The number of ketones is 1. The Morgan fingerprint density at radius 2 is 1.70 bits per heavy atom. The van der Waals surface area contributed by atoms with Gasteiger partial charge < -0.3 is 10.2 Å². The summed E-state index contributed by atoms with van der Waals surface area (Å²) in [5, 5.41) is 25.5. The zero-order valence-electron chi connectivity index (χ0n) is 29.3. The van der Waals surface area contributed by atoms with Crippen LogP contribution in [-0.4, -0.2) is 53.5 Å². The highest BCUT2D eigenvalue weighted by Crippen LogP contribution is 2.59. The van der Waals surface area contributed by atoms with Crippen LogP contribution in [0.15, 0.2) is 106 Å². The van der Waals surface area contributed by atoms with Gasteiger partial charge in [-0.05, 0) is 104 Å². The lowest BCUT2D eigenvalue weighted by atomic mass is 9.64. The largest absolute Gasteiger partial charge is 0.393 e. The van der Waals surface area contributed by atoms with E-state index in [9.17, 15) is 23.4 Å². The number of carbonyl (C=O) groups excluding carboxylic acids is 1. The van der Waals surface area contributed by atoms with Gasteiger partial charge in [-0.2, -0.15) is 4.31 Å². The quantitative estimate of drug-likeness (QED) is 0.134. The standard InChI is InChI=1S/C42H49NO5S2/c1-4-25-43(50(47,48)39-13-9-26-49-39)29-42(46)24-22-38-36-21-15-31(27-35(44)20-14-30(2)10-8-23-41(38,42)3)28-37(36)40(45)34-18-16-33(17-19-34)32-11-6-5-7-12-32/h5-7,9-13,15-19,21,26,28,35,38,44,46H,4,8,14,20,22-25,27,29H2,1-3H3. The van der Waals surface area contributed by atoms with Gasteiger partial charge in [0.1, 0.15) is 4.21 Å². The zero-order chi connectivity index (χ0) is 35.5. The van der Waals surface area contributed by atoms with Crippen LogP contribution < -0.4 is 0 Å². The molecule has 6 nitrogen and oxygen atoms in total. The molecular weight excluding hydrogens is 663 g/mol. The average molecular weight is 712 g/mol. The fourth-order valence-corrected chi connectivity index (χ4v) is 10.9. The Bertz CT molecular complexity index is 1920. The van der Waals surface area contributed by atoms with Crippen molar-refractivity contribution in [3.8, 4) is 11.1 Å². The predicted molar refractivity (Wildman–Crippen MR) is 202 cm³/mol. The molecule has 4 atom stereocenters. The van der Waals surface area contributed by atoms with Gasteiger partial charge in [0, 0.05) is 29.6 Å². The first kappa shape index (κ1) is 36.4. The highest BCUT2D eigenvalue weighted by atomic mass is 32.2. The molecule has 1 fully saturated rings. The third kappa shape index (κ3) is 7.32. The second kappa shape index (κ2) is 15.1. The number of aliphatic hydroxyl groups is 2. The number of nitrogens with zero attached hydrogens (tertiary/aromatic N) is 1. The zero-order valence-corrected chi connectivity index (χ0v) is 31.0. The van der Waals surface area contributed by atoms with E-state index in [-0.39, 0.29) is 22.5 Å². The van der Waals surface area contributed by atoms with E-state index in [1.54, 1.807) is 17.5 Å². The van der Waals surface area contributed by atoms with E-state index in [1.807, 2.05) is 79.7 Å². The number of rotatable bonds is 9. The van der Waals surface area contributed by atoms with Crippen LogP contribution in [0.1, 0.15) is 98.7 Å². The average Bonchev–Trinajstić information content (AvgIpc) is 3.75. The number of hydrogen-bond acceptors (Lipinski definition) is 6. The van der Waals surface area contributed by atoms with Crippen LogP contribution in [0.3, 0.4) is 0 Å². The number of sulfonamides is 1. The predicted octanol–water partition coefficient (Wildman–Crippen LogP) is 8.79. The summed E-state index contributed by atoms with van der Waals surface area (Å²) in [6.45, 7) is 6.44. The van der Waals surface area contributed by atoms with Crippen LogP contribution in [-0.2, 0) is 16.4 Å². The van der Waals surface area contributed by atoms with Crippen molar-refractivity contribution in [1.29, 1.82) is 0 Å². The van der Waals surface area contributed by atoms with Crippen molar-refractivity contribution < 1.29 is 23.4 Å². The summed E-state index contributed by atoms with van der Waals surface area (Å²) in [6.07, 6.45) is 6.46. The van der Waals surface area contributed by atoms with Crippen molar-refractivity contribution in [1.82, 2.24) is 4.31 Å². The maximum atomic E-state index is 14.5. The van der Waals surface area contributed by atoms with E-state index in [2.05, 4.69) is 19.9 Å². The number of aliphatic hydroxyl groups excluding tert-OH is 1. The minimum Gasteiger partial charge on any atom is -0.393 e. The van der Waals surface area contributed by atoms with Crippen LogP contribution in [0.5, 0.6) is 0 Å². The van der Waals surface area contributed by atoms with Gasteiger partial charge in [0.25, 0.3) is 10.0 Å². The summed E-state index contributed by atoms with van der Waals surface area (Å²) in [5.41, 5.74) is 4.17. The smallest absolute Gasteiger partial charge is 0.252 e. The van der Waals surface area contributed by atoms with Crippen molar-refractivity contribution in [2.75, 3.05) is 13.1 Å². The molecule has 4 unspecified atom stereocenters. The third-order valence-corrected chi connectivity index (χ3v) is 14.4. The number of carbonyl (C=O) groups is 1. The Balaban J connectivity index is 1.43. The lowest BCUT2D eigenvalue weighted by Gasteiger charge is -2.46. The molecule has 2 N–H and O–H groups in total. The SMILES string of the molecule is CCCN(CC1(O)CCC2c3ccc(cc3C(=O)c3ccc(-c4ccccc4)cc3)CC(O)CCC(C)=CCCC21C)S(=O)(=O)c1cccs1. The van der Waals surface area contributed by atoms with Crippen LogP contribution in [0.2, 0.25) is 0 Å². The molecule has 0 aliphatic heterocycles. The Morgan fingerprint density at radius 3 is 2.40 bits per heavy atom. The second-order valence-electron chi connectivity index (χ2n) is 14.5. The minimum absolute atomic E-state index is 0.00866. The molecule has 8 heteroatoms. The van der Waals surface area contributed by atoms with Gasteiger partial charge in [0.15, 0.2) is 5.78 Å². The van der Waals surface area contributed by atoms with Gasteiger partial charge in [-0.15, -0.1) is 11.3 Å². The number of hydrogen-bond donors (Lipinski definition) is 2. The number of allylic oxidation sites excluding steroid dienone is 2. The summed E-state index contributed by atoms with van der Waals surface area (Å²) < 4.78 is 29.5. The van der Waals surface area contributed by atoms with Gasteiger partial charge in [-0.1, -0.05) is 98.3 Å². The van der Waals surface area contributed by atoms with Gasteiger partial charge in [0.2, 0.25) is 0 Å². The van der Waals surface area contributed by atoms with E-state index in [4.69, 9.17) is 0 Å². The maximum absolute atomic E-state index is 14.5. The highest BCUT2D eigenvalue weighted by Gasteiger charge is 2.58. The highest BCUT2D eigenvalue weighted by molar-refractivity contribution is 7.91. The number of thiophene rings is 1. The molecule has 3 aliphatic carbocycles. The Kier molecular flexibility index (Phi) is 11.0. The minimum atomic E-state index is -3.80.